The molecule has 1 aromatic carbocycles. The maximum Gasteiger partial charge on any atom is 0.262 e. The molecule has 0 bridgehead atoms. The van der Waals surface area contributed by atoms with Gasteiger partial charge in [-0.1, -0.05) is 23.9 Å². The number of fused-ring (bicyclic) bond motifs is 1. The molecular weight excluding hydrogens is 300 g/mol. The summed E-state index contributed by atoms with van der Waals surface area (Å²) in [5, 5.41) is 1.35. The molecule has 5 nitrogen and oxygen atoms in total. The lowest BCUT2D eigenvalue weighted by molar-refractivity contribution is 0.156. The molecule has 0 fully saturated rings. The van der Waals surface area contributed by atoms with E-state index in [2.05, 4.69) is 4.98 Å². The van der Waals surface area contributed by atoms with E-state index in [1.807, 2.05) is 38.1 Å². The van der Waals surface area contributed by atoms with Crippen LogP contribution in [-0.2, 0) is 9.47 Å². The summed E-state index contributed by atoms with van der Waals surface area (Å²) in [6.45, 7) is 5.74. The quantitative estimate of drug-likeness (QED) is 0.425. The Morgan fingerprint density at radius 1 is 1.36 bits per heavy atom. The minimum atomic E-state index is -0.0656. The number of nitrogens with zero attached hydrogens (tertiary/aromatic N) is 2. The fourth-order valence-electron chi connectivity index (χ4n) is 2.27. The Hall–Kier alpha value is -1.37. The highest BCUT2D eigenvalue weighted by molar-refractivity contribution is 7.99. The smallest absolute Gasteiger partial charge is 0.262 e. The summed E-state index contributed by atoms with van der Waals surface area (Å²) in [5.41, 5.74) is 0.710. The van der Waals surface area contributed by atoms with Crippen LogP contribution in [0.4, 0.5) is 0 Å². The molecule has 22 heavy (non-hydrogen) atoms. The van der Waals surface area contributed by atoms with Gasteiger partial charge in [-0.05, 0) is 26.0 Å². The average molecular weight is 322 g/mol. The highest BCUT2D eigenvalue weighted by atomic mass is 32.2. The van der Waals surface area contributed by atoms with Crippen LogP contribution in [0.3, 0.4) is 0 Å². The molecule has 0 N–H and O–H groups in total. The molecule has 0 spiro atoms. The van der Waals surface area contributed by atoms with Crippen molar-refractivity contribution in [2.45, 2.75) is 25.0 Å². The molecule has 1 heterocycles. The summed E-state index contributed by atoms with van der Waals surface area (Å²) in [5.74, 6) is 0.762. The summed E-state index contributed by atoms with van der Waals surface area (Å²) in [4.78, 5) is 17.4. The molecule has 0 saturated carbocycles. The van der Waals surface area contributed by atoms with Gasteiger partial charge in [-0.3, -0.25) is 9.36 Å². The van der Waals surface area contributed by atoms with Gasteiger partial charge < -0.3 is 9.47 Å². The highest BCUT2D eigenvalue weighted by Gasteiger charge is 2.16. The normalized spacial score (nSPS) is 12.7. The van der Waals surface area contributed by atoms with Crippen LogP contribution in [0.1, 0.15) is 19.9 Å². The molecule has 1 atom stereocenters. The Labute approximate surface area is 134 Å². The van der Waals surface area contributed by atoms with E-state index >= 15 is 0 Å². The zero-order valence-corrected chi connectivity index (χ0v) is 14.1. The van der Waals surface area contributed by atoms with E-state index in [1.54, 1.807) is 23.4 Å². The third-order valence-corrected chi connectivity index (χ3v) is 4.20. The van der Waals surface area contributed by atoms with E-state index in [4.69, 9.17) is 9.47 Å². The number of thioether (sulfide) groups is 1. The van der Waals surface area contributed by atoms with Crippen LogP contribution in [0.25, 0.3) is 10.9 Å². The van der Waals surface area contributed by atoms with E-state index < -0.39 is 0 Å². The molecule has 0 saturated heterocycles. The first-order valence-electron chi connectivity index (χ1n) is 7.39. The van der Waals surface area contributed by atoms with E-state index in [0.29, 0.717) is 30.4 Å². The molecule has 2 aromatic rings. The van der Waals surface area contributed by atoms with Crippen LogP contribution in [0.15, 0.2) is 34.2 Å². The molecule has 0 amide bonds. The first-order valence-corrected chi connectivity index (χ1v) is 8.38. The van der Waals surface area contributed by atoms with E-state index in [9.17, 15) is 4.79 Å². The van der Waals surface area contributed by atoms with E-state index in [-0.39, 0.29) is 11.6 Å². The molecule has 2 rings (SSSR count). The zero-order valence-electron chi connectivity index (χ0n) is 13.2. The van der Waals surface area contributed by atoms with Crippen LogP contribution in [0.5, 0.6) is 0 Å². The highest BCUT2D eigenvalue weighted by Crippen LogP contribution is 2.21. The Morgan fingerprint density at radius 2 is 2.14 bits per heavy atom. The number of para-hydroxylation sites is 1. The van der Waals surface area contributed by atoms with Gasteiger partial charge in [0.15, 0.2) is 5.16 Å². The van der Waals surface area contributed by atoms with Gasteiger partial charge in [-0.25, -0.2) is 4.98 Å². The fraction of sp³-hybridized carbons (Fsp3) is 0.500. The predicted molar refractivity (Wildman–Crippen MR) is 89.8 cm³/mol. The topological polar surface area (TPSA) is 53.3 Å². The summed E-state index contributed by atoms with van der Waals surface area (Å²) < 4.78 is 12.3. The third kappa shape index (κ3) is 3.88. The molecule has 0 aliphatic carbocycles. The van der Waals surface area contributed by atoms with Crippen molar-refractivity contribution in [1.82, 2.24) is 9.55 Å². The Kier molecular flexibility index (Phi) is 6.42. The predicted octanol–water partition coefficient (Wildman–Crippen LogP) is 2.73. The SMILES string of the molecule is CCOCCSc1nc2ccccc2c(=O)n1[C@H](C)COC. The fourth-order valence-corrected chi connectivity index (χ4v) is 3.22. The minimum Gasteiger partial charge on any atom is -0.383 e. The first-order chi connectivity index (χ1) is 10.7. The molecule has 0 aliphatic rings. The van der Waals surface area contributed by atoms with Crippen molar-refractivity contribution in [3.8, 4) is 0 Å². The van der Waals surface area contributed by atoms with Gasteiger partial charge in [0.2, 0.25) is 0 Å². The van der Waals surface area contributed by atoms with Crippen molar-refractivity contribution >= 4 is 22.7 Å². The van der Waals surface area contributed by atoms with Crippen molar-refractivity contribution < 1.29 is 9.47 Å². The van der Waals surface area contributed by atoms with E-state index in [0.717, 1.165) is 11.3 Å². The lowest BCUT2D eigenvalue weighted by Crippen LogP contribution is -2.28. The first kappa shape index (κ1) is 17.0. The van der Waals surface area contributed by atoms with Crippen molar-refractivity contribution in [3.63, 3.8) is 0 Å². The standard InChI is InChI=1S/C16H22N2O3S/c1-4-21-9-10-22-16-17-14-8-6-5-7-13(14)15(19)18(16)12(2)11-20-3/h5-8,12H,4,9-11H2,1-3H3/t12-/m1/s1. The van der Waals surface area contributed by atoms with Crippen LogP contribution >= 0.6 is 11.8 Å². The molecular formula is C16H22N2O3S. The van der Waals surface area contributed by atoms with Crippen LogP contribution in [0.2, 0.25) is 0 Å². The molecule has 6 heteroatoms. The average Bonchev–Trinajstić information content (AvgIpc) is 2.52. The molecule has 0 unspecified atom stereocenters. The lowest BCUT2D eigenvalue weighted by atomic mass is 10.2. The van der Waals surface area contributed by atoms with Gasteiger partial charge in [0.25, 0.3) is 5.56 Å². The van der Waals surface area contributed by atoms with Crippen LogP contribution in [-0.4, -0.2) is 42.2 Å². The Morgan fingerprint density at radius 3 is 2.86 bits per heavy atom. The van der Waals surface area contributed by atoms with Gasteiger partial charge >= 0.3 is 0 Å². The number of rotatable bonds is 8. The van der Waals surface area contributed by atoms with E-state index in [1.165, 1.54) is 0 Å². The monoisotopic (exact) mass is 322 g/mol. The summed E-state index contributed by atoms with van der Waals surface area (Å²) in [7, 11) is 1.64. The molecule has 120 valence electrons. The molecule has 0 radical (unpaired) electrons. The third-order valence-electron chi connectivity index (χ3n) is 3.29. The number of hydrogen-bond donors (Lipinski definition) is 0. The van der Waals surface area contributed by atoms with Gasteiger partial charge in [0.1, 0.15) is 0 Å². The Balaban J connectivity index is 2.41. The zero-order chi connectivity index (χ0) is 15.9. The molecule has 0 aliphatic heterocycles. The van der Waals surface area contributed by atoms with Crippen molar-refractivity contribution in [3.05, 3.63) is 34.6 Å². The number of aromatic nitrogens is 2. The number of benzene rings is 1. The number of ether oxygens (including phenoxy) is 2. The molecule has 1 aromatic heterocycles. The second-order valence-electron chi connectivity index (χ2n) is 4.94. The second kappa shape index (κ2) is 8.31. The van der Waals surface area contributed by atoms with Gasteiger partial charge in [0, 0.05) is 19.5 Å². The Bertz CT molecular complexity index is 672. The van der Waals surface area contributed by atoms with Crippen molar-refractivity contribution in [2.24, 2.45) is 0 Å². The maximum absolute atomic E-state index is 12.8. The van der Waals surface area contributed by atoms with Gasteiger partial charge in [0.05, 0.1) is 30.2 Å². The van der Waals surface area contributed by atoms with Crippen LogP contribution in [0, 0.1) is 0 Å². The number of methoxy groups -OCH3 is 1. The number of hydrogen-bond acceptors (Lipinski definition) is 5. The summed E-state index contributed by atoms with van der Waals surface area (Å²) in [6, 6.07) is 7.37. The van der Waals surface area contributed by atoms with Gasteiger partial charge in [-0.2, -0.15) is 0 Å². The summed E-state index contributed by atoms with van der Waals surface area (Å²) in [6.07, 6.45) is 0. The van der Waals surface area contributed by atoms with Gasteiger partial charge in [-0.15, -0.1) is 0 Å². The minimum absolute atomic E-state index is 0.0194. The van der Waals surface area contributed by atoms with Crippen LogP contribution < -0.4 is 5.56 Å². The second-order valence-corrected chi connectivity index (χ2v) is 6.00. The van der Waals surface area contributed by atoms with Crippen molar-refractivity contribution in [2.75, 3.05) is 32.7 Å². The maximum atomic E-state index is 12.8. The van der Waals surface area contributed by atoms with Crippen molar-refractivity contribution in [1.29, 1.82) is 0 Å². The summed E-state index contributed by atoms with van der Waals surface area (Å²) >= 11 is 1.54. The lowest BCUT2D eigenvalue weighted by Gasteiger charge is -2.18. The largest absolute Gasteiger partial charge is 0.383 e.